The SMILES string of the molecule is CCOCC[N+]1(C)CC[C@H]2[C@@H](C1)c1cc(C)ccc1N2C(=O)c1ccc(F)cc1. The molecule has 0 bridgehead atoms. The number of nitrogens with zero attached hydrogens (tertiary/aromatic N) is 2. The standard InChI is InChI=1S/C24H30FN2O2/c1-4-29-14-13-27(3)12-11-23-21(16-27)20-15-17(2)5-10-22(20)26(23)24(28)18-6-8-19(25)9-7-18/h5-10,15,21,23H,4,11-14,16H2,1-3H3/q+1/t21-,23-,27?/m0/s1. The van der Waals surface area contributed by atoms with Gasteiger partial charge in [-0.1, -0.05) is 17.7 Å². The van der Waals surface area contributed by atoms with E-state index < -0.39 is 0 Å². The predicted octanol–water partition coefficient (Wildman–Crippen LogP) is 4.13. The molecule has 2 aromatic rings. The van der Waals surface area contributed by atoms with Crippen LogP contribution in [0.25, 0.3) is 0 Å². The normalized spacial score (nSPS) is 25.6. The number of amides is 1. The molecule has 1 saturated heterocycles. The number of halogens is 1. The molecule has 1 amide bonds. The third-order valence-corrected chi connectivity index (χ3v) is 6.53. The molecule has 0 aliphatic carbocycles. The van der Waals surface area contributed by atoms with Gasteiger partial charge in [0.1, 0.15) is 12.4 Å². The van der Waals surface area contributed by atoms with Gasteiger partial charge >= 0.3 is 0 Å². The number of carbonyl (C=O) groups excluding carboxylic acids is 1. The first-order valence-electron chi connectivity index (χ1n) is 10.5. The molecule has 2 aliphatic rings. The van der Waals surface area contributed by atoms with Gasteiger partial charge in [-0.25, -0.2) is 4.39 Å². The van der Waals surface area contributed by atoms with Gasteiger partial charge in [0.15, 0.2) is 0 Å². The first-order chi connectivity index (χ1) is 13.9. The fourth-order valence-corrected chi connectivity index (χ4v) is 4.94. The number of likely N-dealkylation sites (N-methyl/N-ethyl adjacent to an activating group) is 1. The van der Waals surface area contributed by atoms with Crippen LogP contribution in [0.2, 0.25) is 0 Å². The highest BCUT2D eigenvalue weighted by atomic mass is 19.1. The number of aryl methyl sites for hydroxylation is 1. The van der Waals surface area contributed by atoms with E-state index in [1.807, 2.05) is 11.8 Å². The van der Waals surface area contributed by atoms with Crippen molar-refractivity contribution in [3.63, 3.8) is 0 Å². The number of hydrogen-bond donors (Lipinski definition) is 0. The monoisotopic (exact) mass is 397 g/mol. The molecule has 154 valence electrons. The minimum Gasteiger partial charge on any atom is -0.376 e. The topological polar surface area (TPSA) is 29.5 Å². The number of rotatable bonds is 5. The lowest BCUT2D eigenvalue weighted by molar-refractivity contribution is -0.915. The zero-order valence-electron chi connectivity index (χ0n) is 17.5. The molecule has 5 heteroatoms. The van der Waals surface area contributed by atoms with Gasteiger partial charge in [0.25, 0.3) is 5.91 Å². The summed E-state index contributed by atoms with van der Waals surface area (Å²) in [5.41, 5.74) is 4.04. The Morgan fingerprint density at radius 1 is 1.24 bits per heavy atom. The van der Waals surface area contributed by atoms with E-state index in [9.17, 15) is 9.18 Å². The molecular formula is C24H30FN2O2+. The van der Waals surface area contributed by atoms with E-state index in [1.54, 1.807) is 12.1 Å². The van der Waals surface area contributed by atoms with E-state index in [-0.39, 0.29) is 17.8 Å². The summed E-state index contributed by atoms with van der Waals surface area (Å²) in [7, 11) is 2.30. The Kier molecular flexibility index (Phi) is 5.45. The third kappa shape index (κ3) is 3.81. The van der Waals surface area contributed by atoms with Crippen LogP contribution in [-0.4, -0.2) is 56.3 Å². The molecule has 0 aromatic heterocycles. The summed E-state index contributed by atoms with van der Waals surface area (Å²) in [6.07, 6.45) is 0.952. The Hall–Kier alpha value is -2.24. The Labute approximate surface area is 172 Å². The molecule has 2 aliphatic heterocycles. The lowest BCUT2D eigenvalue weighted by atomic mass is 9.87. The van der Waals surface area contributed by atoms with Crippen molar-refractivity contribution in [1.29, 1.82) is 0 Å². The average Bonchev–Trinajstić information content (AvgIpc) is 3.01. The molecule has 3 atom stereocenters. The first kappa shape index (κ1) is 20.0. The van der Waals surface area contributed by atoms with Gasteiger partial charge in [0.05, 0.1) is 38.7 Å². The van der Waals surface area contributed by atoms with E-state index in [1.165, 1.54) is 23.3 Å². The van der Waals surface area contributed by atoms with E-state index in [0.29, 0.717) is 11.5 Å². The summed E-state index contributed by atoms with van der Waals surface area (Å²) in [6.45, 7) is 8.66. The highest BCUT2D eigenvalue weighted by molar-refractivity contribution is 6.08. The largest absolute Gasteiger partial charge is 0.376 e. The van der Waals surface area contributed by atoms with Crippen LogP contribution in [0, 0.1) is 12.7 Å². The summed E-state index contributed by atoms with van der Waals surface area (Å²) >= 11 is 0. The fraction of sp³-hybridized carbons (Fsp3) is 0.458. The average molecular weight is 398 g/mol. The van der Waals surface area contributed by atoms with Crippen LogP contribution in [0.15, 0.2) is 42.5 Å². The molecule has 0 radical (unpaired) electrons. The molecule has 29 heavy (non-hydrogen) atoms. The minimum absolute atomic E-state index is 0.0342. The molecule has 0 spiro atoms. The highest BCUT2D eigenvalue weighted by Crippen LogP contribution is 2.46. The summed E-state index contributed by atoms with van der Waals surface area (Å²) in [5, 5.41) is 0. The number of benzene rings is 2. The number of fused-ring (bicyclic) bond motifs is 3. The van der Waals surface area contributed by atoms with Gasteiger partial charge in [-0.15, -0.1) is 0 Å². The molecule has 0 N–H and O–H groups in total. The van der Waals surface area contributed by atoms with Crippen molar-refractivity contribution >= 4 is 11.6 Å². The maximum Gasteiger partial charge on any atom is 0.258 e. The minimum atomic E-state index is -0.322. The van der Waals surface area contributed by atoms with Crippen LogP contribution in [-0.2, 0) is 4.74 Å². The summed E-state index contributed by atoms with van der Waals surface area (Å²) < 4.78 is 19.9. The van der Waals surface area contributed by atoms with Crippen LogP contribution >= 0.6 is 0 Å². The number of quaternary nitrogens is 1. The molecule has 0 saturated carbocycles. The van der Waals surface area contributed by atoms with Gasteiger partial charge in [0, 0.05) is 24.3 Å². The van der Waals surface area contributed by atoms with Crippen molar-refractivity contribution in [2.75, 3.05) is 44.8 Å². The van der Waals surface area contributed by atoms with Crippen molar-refractivity contribution in [2.45, 2.75) is 32.2 Å². The number of piperidine rings is 1. The summed E-state index contributed by atoms with van der Waals surface area (Å²) in [5.74, 6) is -0.0420. The lowest BCUT2D eigenvalue weighted by Gasteiger charge is -2.44. The molecule has 1 fully saturated rings. The fourth-order valence-electron chi connectivity index (χ4n) is 4.94. The van der Waals surface area contributed by atoms with E-state index in [0.717, 1.165) is 49.4 Å². The maximum absolute atomic E-state index is 13.4. The number of ether oxygens (including phenoxy) is 1. The van der Waals surface area contributed by atoms with Crippen molar-refractivity contribution < 1.29 is 18.4 Å². The van der Waals surface area contributed by atoms with Gasteiger partial charge < -0.3 is 14.1 Å². The quantitative estimate of drug-likeness (QED) is 0.561. The van der Waals surface area contributed by atoms with Gasteiger partial charge in [-0.3, -0.25) is 4.79 Å². The molecule has 2 aromatic carbocycles. The third-order valence-electron chi connectivity index (χ3n) is 6.53. The first-order valence-corrected chi connectivity index (χ1v) is 10.5. The second-order valence-corrected chi connectivity index (χ2v) is 8.65. The van der Waals surface area contributed by atoms with Crippen LogP contribution in [0.4, 0.5) is 10.1 Å². The number of hydrogen-bond acceptors (Lipinski definition) is 2. The van der Waals surface area contributed by atoms with Gasteiger partial charge in [-0.2, -0.15) is 0 Å². The zero-order valence-corrected chi connectivity index (χ0v) is 17.5. The van der Waals surface area contributed by atoms with E-state index in [2.05, 4.69) is 32.2 Å². The second kappa shape index (κ2) is 7.88. The second-order valence-electron chi connectivity index (χ2n) is 8.65. The van der Waals surface area contributed by atoms with Crippen molar-refractivity contribution in [3.8, 4) is 0 Å². The smallest absolute Gasteiger partial charge is 0.258 e. The Balaban J connectivity index is 1.66. The van der Waals surface area contributed by atoms with Crippen LogP contribution in [0.1, 0.15) is 40.7 Å². The predicted molar refractivity (Wildman–Crippen MR) is 113 cm³/mol. The molecular weight excluding hydrogens is 367 g/mol. The summed E-state index contributed by atoms with van der Waals surface area (Å²) in [4.78, 5) is 15.4. The number of carbonyl (C=O) groups is 1. The van der Waals surface area contributed by atoms with Gasteiger partial charge in [-0.05, 0) is 49.7 Å². The van der Waals surface area contributed by atoms with Crippen LogP contribution in [0.3, 0.4) is 0 Å². The van der Waals surface area contributed by atoms with Crippen LogP contribution in [0.5, 0.6) is 0 Å². The van der Waals surface area contributed by atoms with Crippen molar-refractivity contribution in [2.24, 2.45) is 0 Å². The number of anilines is 1. The maximum atomic E-state index is 13.4. The molecule has 1 unspecified atom stereocenters. The van der Waals surface area contributed by atoms with E-state index in [4.69, 9.17) is 4.74 Å². The molecule has 4 nitrogen and oxygen atoms in total. The molecule has 2 heterocycles. The van der Waals surface area contributed by atoms with Crippen molar-refractivity contribution in [3.05, 3.63) is 65.0 Å². The molecule has 4 rings (SSSR count). The Morgan fingerprint density at radius 3 is 2.72 bits per heavy atom. The van der Waals surface area contributed by atoms with Crippen LogP contribution < -0.4 is 4.90 Å². The number of likely N-dealkylation sites (tertiary alicyclic amines) is 1. The van der Waals surface area contributed by atoms with Gasteiger partial charge in [0.2, 0.25) is 0 Å². The van der Waals surface area contributed by atoms with E-state index >= 15 is 0 Å². The zero-order chi connectivity index (χ0) is 20.6. The highest BCUT2D eigenvalue weighted by Gasteiger charge is 2.48. The Morgan fingerprint density at radius 2 is 2.00 bits per heavy atom. The Bertz CT molecular complexity index is 898. The summed E-state index contributed by atoms with van der Waals surface area (Å²) in [6, 6.07) is 12.4. The van der Waals surface area contributed by atoms with Crippen molar-refractivity contribution in [1.82, 2.24) is 0 Å². The lowest BCUT2D eigenvalue weighted by Crippen LogP contribution is -2.57.